The van der Waals surface area contributed by atoms with Gasteiger partial charge in [0.05, 0.1) is 12.1 Å². The van der Waals surface area contributed by atoms with E-state index in [-0.39, 0.29) is 18.1 Å². The van der Waals surface area contributed by atoms with Crippen molar-refractivity contribution >= 4 is 17.8 Å². The van der Waals surface area contributed by atoms with Crippen LogP contribution in [0.15, 0.2) is 72.9 Å². The highest BCUT2D eigenvalue weighted by Crippen LogP contribution is 2.20. The lowest BCUT2D eigenvalue weighted by molar-refractivity contribution is -0.137. The Morgan fingerprint density at radius 2 is 1.83 bits per heavy atom. The number of carbonyl (C=O) groups is 2. The molecule has 2 aromatic carbocycles. The summed E-state index contributed by atoms with van der Waals surface area (Å²) < 4.78 is 1.93. The first-order valence-corrected chi connectivity index (χ1v) is 9.69. The Labute approximate surface area is 171 Å². The Bertz CT molecular complexity index is 1030. The normalized spacial score (nSPS) is 12.2. The van der Waals surface area contributed by atoms with Crippen LogP contribution in [0.25, 0.3) is 6.08 Å². The van der Waals surface area contributed by atoms with E-state index in [0.29, 0.717) is 17.8 Å². The van der Waals surface area contributed by atoms with Gasteiger partial charge in [0, 0.05) is 18.3 Å². The van der Waals surface area contributed by atoms with Crippen molar-refractivity contribution in [2.45, 2.75) is 32.7 Å². The summed E-state index contributed by atoms with van der Waals surface area (Å²) in [5.41, 5.74) is 4.48. The van der Waals surface area contributed by atoms with Crippen molar-refractivity contribution in [2.24, 2.45) is 0 Å². The maximum atomic E-state index is 12.8. The van der Waals surface area contributed by atoms with Crippen LogP contribution in [0.1, 0.15) is 52.0 Å². The maximum absolute atomic E-state index is 12.8. The molecule has 3 rings (SSSR count). The van der Waals surface area contributed by atoms with Gasteiger partial charge in [0.15, 0.2) is 0 Å². The van der Waals surface area contributed by atoms with Gasteiger partial charge in [-0.3, -0.25) is 9.59 Å². The summed E-state index contributed by atoms with van der Waals surface area (Å²) in [5, 5.41) is 8.98. The Hall–Kier alpha value is -3.40. The van der Waals surface area contributed by atoms with Crippen LogP contribution in [0.2, 0.25) is 0 Å². The van der Waals surface area contributed by atoms with Crippen LogP contribution in [0.3, 0.4) is 0 Å². The molecule has 0 saturated heterocycles. The number of aryl methyl sites for hydroxylation is 1. The molecule has 1 N–H and O–H groups in total. The van der Waals surface area contributed by atoms with Gasteiger partial charge in [0.2, 0.25) is 5.78 Å². The van der Waals surface area contributed by atoms with Crippen LogP contribution in [-0.4, -0.2) is 21.4 Å². The number of nitrogens with zero attached hydrogens (tertiary/aromatic N) is 1. The fraction of sp³-hybridized carbons (Fsp3) is 0.200. The van der Waals surface area contributed by atoms with E-state index in [4.69, 9.17) is 5.11 Å². The van der Waals surface area contributed by atoms with Crippen LogP contribution >= 0.6 is 0 Å². The SMILES string of the molecule is Cc1ccc(C(=O)c2cccn2CC=Cc2cccc(C(C)CC(=O)O)c2)cc1. The molecule has 1 unspecified atom stereocenters. The molecule has 0 aliphatic carbocycles. The van der Waals surface area contributed by atoms with Crippen molar-refractivity contribution in [3.63, 3.8) is 0 Å². The highest BCUT2D eigenvalue weighted by molar-refractivity contribution is 6.08. The van der Waals surface area contributed by atoms with Crippen LogP contribution in [0.5, 0.6) is 0 Å². The average Bonchev–Trinajstić information content (AvgIpc) is 3.16. The molecule has 3 aromatic rings. The van der Waals surface area contributed by atoms with Gasteiger partial charge in [-0.15, -0.1) is 0 Å². The fourth-order valence-electron chi connectivity index (χ4n) is 3.28. The first-order chi connectivity index (χ1) is 13.9. The number of carboxylic acids is 1. The Balaban J connectivity index is 1.70. The van der Waals surface area contributed by atoms with E-state index < -0.39 is 5.97 Å². The second-order valence-corrected chi connectivity index (χ2v) is 7.31. The van der Waals surface area contributed by atoms with Crippen LogP contribution in [-0.2, 0) is 11.3 Å². The molecule has 4 heteroatoms. The number of allylic oxidation sites excluding steroid dienone is 1. The zero-order valence-electron chi connectivity index (χ0n) is 16.7. The van der Waals surface area contributed by atoms with Gasteiger partial charge in [-0.1, -0.05) is 73.2 Å². The molecule has 29 heavy (non-hydrogen) atoms. The van der Waals surface area contributed by atoms with E-state index >= 15 is 0 Å². The molecule has 148 valence electrons. The second-order valence-electron chi connectivity index (χ2n) is 7.31. The highest BCUT2D eigenvalue weighted by Gasteiger charge is 2.13. The Morgan fingerprint density at radius 1 is 1.07 bits per heavy atom. The monoisotopic (exact) mass is 387 g/mol. The third kappa shape index (κ3) is 5.32. The standard InChI is InChI=1S/C25H25NO3/c1-18-10-12-21(13-11-18)25(29)23-9-5-15-26(23)14-4-7-20-6-3-8-22(17-20)19(2)16-24(27)28/h3-13,15,17,19H,14,16H2,1-2H3,(H,27,28). The summed E-state index contributed by atoms with van der Waals surface area (Å²) in [6.07, 6.45) is 6.02. The number of carboxylic acid groups (broad SMARTS) is 1. The summed E-state index contributed by atoms with van der Waals surface area (Å²) >= 11 is 0. The molecule has 0 amide bonds. The van der Waals surface area contributed by atoms with Crippen LogP contribution in [0.4, 0.5) is 0 Å². The highest BCUT2D eigenvalue weighted by atomic mass is 16.4. The molecule has 0 aliphatic heterocycles. The Morgan fingerprint density at radius 3 is 2.55 bits per heavy atom. The van der Waals surface area contributed by atoms with Crippen molar-refractivity contribution in [1.82, 2.24) is 4.57 Å². The summed E-state index contributed by atoms with van der Waals surface area (Å²) in [6.45, 7) is 4.49. The number of aromatic nitrogens is 1. The minimum absolute atomic E-state index is 0.00731. The van der Waals surface area contributed by atoms with E-state index in [1.807, 2.05) is 97.4 Å². The zero-order chi connectivity index (χ0) is 20.8. The van der Waals surface area contributed by atoms with E-state index in [0.717, 1.165) is 16.7 Å². The zero-order valence-corrected chi connectivity index (χ0v) is 16.7. The van der Waals surface area contributed by atoms with Crippen molar-refractivity contribution in [3.8, 4) is 0 Å². The molecule has 0 spiro atoms. The molecule has 1 aromatic heterocycles. The van der Waals surface area contributed by atoms with Crippen LogP contribution < -0.4 is 0 Å². The molecule has 4 nitrogen and oxygen atoms in total. The molecule has 0 saturated carbocycles. The fourth-order valence-corrected chi connectivity index (χ4v) is 3.28. The minimum atomic E-state index is -0.795. The number of benzene rings is 2. The number of hydrogen-bond acceptors (Lipinski definition) is 2. The summed E-state index contributed by atoms with van der Waals surface area (Å²) in [4.78, 5) is 23.7. The number of hydrogen-bond donors (Lipinski definition) is 1. The Kier molecular flexibility index (Phi) is 6.45. The number of carbonyl (C=O) groups excluding carboxylic acids is 1. The molecular formula is C25H25NO3. The molecule has 0 radical (unpaired) electrons. The quantitative estimate of drug-likeness (QED) is 0.532. The van der Waals surface area contributed by atoms with Gasteiger partial charge in [0.25, 0.3) is 0 Å². The lowest BCUT2D eigenvalue weighted by Gasteiger charge is -2.10. The topological polar surface area (TPSA) is 59.3 Å². The van der Waals surface area contributed by atoms with Crippen molar-refractivity contribution < 1.29 is 14.7 Å². The largest absolute Gasteiger partial charge is 0.481 e. The molecule has 0 aliphatic rings. The van der Waals surface area contributed by atoms with Crippen molar-refractivity contribution in [3.05, 3.63) is 101 Å². The van der Waals surface area contributed by atoms with Crippen molar-refractivity contribution in [2.75, 3.05) is 0 Å². The van der Waals surface area contributed by atoms with E-state index in [2.05, 4.69) is 0 Å². The van der Waals surface area contributed by atoms with Gasteiger partial charge in [-0.05, 0) is 36.1 Å². The van der Waals surface area contributed by atoms with Gasteiger partial charge in [-0.25, -0.2) is 0 Å². The van der Waals surface area contributed by atoms with E-state index in [1.54, 1.807) is 0 Å². The van der Waals surface area contributed by atoms with E-state index in [9.17, 15) is 9.59 Å². The first kappa shape index (κ1) is 20.3. The smallest absolute Gasteiger partial charge is 0.303 e. The number of aliphatic carboxylic acids is 1. The first-order valence-electron chi connectivity index (χ1n) is 9.69. The number of rotatable bonds is 8. The average molecular weight is 387 g/mol. The lowest BCUT2D eigenvalue weighted by Crippen LogP contribution is -2.09. The molecule has 1 heterocycles. The summed E-state index contributed by atoms with van der Waals surface area (Å²) in [5.74, 6) is -0.825. The third-order valence-electron chi connectivity index (χ3n) is 4.95. The van der Waals surface area contributed by atoms with Gasteiger partial charge < -0.3 is 9.67 Å². The van der Waals surface area contributed by atoms with E-state index in [1.165, 1.54) is 0 Å². The molecule has 1 atom stereocenters. The minimum Gasteiger partial charge on any atom is -0.481 e. The lowest BCUT2D eigenvalue weighted by atomic mass is 9.96. The third-order valence-corrected chi connectivity index (χ3v) is 4.95. The van der Waals surface area contributed by atoms with Gasteiger partial charge in [-0.2, -0.15) is 0 Å². The molecular weight excluding hydrogens is 362 g/mol. The van der Waals surface area contributed by atoms with Crippen LogP contribution in [0, 0.1) is 6.92 Å². The predicted octanol–water partition coefficient (Wildman–Crippen LogP) is 5.32. The summed E-state index contributed by atoms with van der Waals surface area (Å²) in [7, 11) is 0. The predicted molar refractivity (Wildman–Crippen MR) is 115 cm³/mol. The number of ketones is 1. The maximum Gasteiger partial charge on any atom is 0.303 e. The second kappa shape index (κ2) is 9.20. The molecule has 0 bridgehead atoms. The summed E-state index contributed by atoms with van der Waals surface area (Å²) in [6, 6.07) is 19.2. The van der Waals surface area contributed by atoms with Gasteiger partial charge in [0.1, 0.15) is 0 Å². The van der Waals surface area contributed by atoms with Crippen molar-refractivity contribution in [1.29, 1.82) is 0 Å². The van der Waals surface area contributed by atoms with Gasteiger partial charge >= 0.3 is 5.97 Å². The molecule has 0 fully saturated rings.